The number of hydrogen-bond acceptors (Lipinski definition) is 1. The second-order valence-corrected chi connectivity index (χ2v) is 3.76. The standard InChI is InChI=1S/C13H9FO/c14-12-6-5-10-9-4-2-1-3-8(9)7-11(10)13(12)15/h1-6,15H,7H2. The maximum Gasteiger partial charge on any atom is 0.165 e. The lowest BCUT2D eigenvalue weighted by Crippen LogP contribution is -1.85. The molecular formula is C13H9FO. The second kappa shape index (κ2) is 2.83. The summed E-state index contributed by atoms with van der Waals surface area (Å²) in [7, 11) is 0. The van der Waals surface area contributed by atoms with Crippen LogP contribution in [0.3, 0.4) is 0 Å². The molecule has 0 atom stereocenters. The van der Waals surface area contributed by atoms with E-state index >= 15 is 0 Å². The molecule has 15 heavy (non-hydrogen) atoms. The van der Waals surface area contributed by atoms with E-state index < -0.39 is 5.82 Å². The zero-order valence-electron chi connectivity index (χ0n) is 8.00. The summed E-state index contributed by atoms with van der Waals surface area (Å²) in [4.78, 5) is 0. The lowest BCUT2D eigenvalue weighted by atomic mass is 10.1. The number of phenols is 1. The van der Waals surface area contributed by atoms with Gasteiger partial charge in [-0.05, 0) is 22.8 Å². The average Bonchev–Trinajstić information content (AvgIpc) is 2.63. The summed E-state index contributed by atoms with van der Waals surface area (Å²) in [5.41, 5.74) is 3.90. The predicted molar refractivity (Wildman–Crippen MR) is 56.3 cm³/mol. The minimum absolute atomic E-state index is 0.205. The first kappa shape index (κ1) is 8.48. The van der Waals surface area contributed by atoms with Gasteiger partial charge in [0.1, 0.15) is 0 Å². The molecule has 0 spiro atoms. The Labute approximate surface area is 86.8 Å². The van der Waals surface area contributed by atoms with Crippen LogP contribution in [0.5, 0.6) is 5.75 Å². The molecule has 0 heterocycles. The zero-order chi connectivity index (χ0) is 10.4. The van der Waals surface area contributed by atoms with Crippen molar-refractivity contribution in [1.82, 2.24) is 0 Å². The van der Waals surface area contributed by atoms with Gasteiger partial charge in [-0.1, -0.05) is 30.3 Å². The smallest absolute Gasteiger partial charge is 0.165 e. The zero-order valence-corrected chi connectivity index (χ0v) is 8.00. The van der Waals surface area contributed by atoms with E-state index in [1.807, 2.05) is 24.3 Å². The van der Waals surface area contributed by atoms with Crippen LogP contribution in [0.2, 0.25) is 0 Å². The normalized spacial score (nSPS) is 12.3. The van der Waals surface area contributed by atoms with Gasteiger partial charge in [-0.3, -0.25) is 0 Å². The van der Waals surface area contributed by atoms with Crippen molar-refractivity contribution >= 4 is 0 Å². The fraction of sp³-hybridized carbons (Fsp3) is 0.0769. The van der Waals surface area contributed by atoms with Crippen molar-refractivity contribution in [2.24, 2.45) is 0 Å². The van der Waals surface area contributed by atoms with Crippen molar-refractivity contribution in [2.45, 2.75) is 6.42 Å². The van der Waals surface area contributed by atoms with Gasteiger partial charge in [-0.2, -0.15) is 0 Å². The SMILES string of the molecule is Oc1c(F)ccc2c1Cc1ccccc1-2. The number of benzene rings is 2. The Bertz CT molecular complexity index is 546. The molecular weight excluding hydrogens is 191 g/mol. The molecule has 1 aliphatic rings. The van der Waals surface area contributed by atoms with Crippen LogP contribution < -0.4 is 0 Å². The number of aromatic hydroxyl groups is 1. The first-order valence-corrected chi connectivity index (χ1v) is 4.86. The third kappa shape index (κ3) is 1.08. The van der Waals surface area contributed by atoms with Crippen molar-refractivity contribution in [3.8, 4) is 16.9 Å². The summed E-state index contributed by atoms with van der Waals surface area (Å²) in [5.74, 6) is -0.745. The first-order valence-electron chi connectivity index (χ1n) is 4.86. The van der Waals surface area contributed by atoms with E-state index in [1.54, 1.807) is 6.07 Å². The Morgan fingerprint density at radius 3 is 2.67 bits per heavy atom. The molecule has 2 aromatic carbocycles. The van der Waals surface area contributed by atoms with Crippen molar-refractivity contribution in [3.05, 3.63) is 53.3 Å². The molecule has 1 nitrogen and oxygen atoms in total. The van der Waals surface area contributed by atoms with Crippen molar-refractivity contribution in [1.29, 1.82) is 0 Å². The predicted octanol–water partition coefficient (Wildman–Crippen LogP) is 3.10. The number of hydrogen-bond donors (Lipinski definition) is 1. The quantitative estimate of drug-likeness (QED) is 0.591. The lowest BCUT2D eigenvalue weighted by molar-refractivity contribution is 0.428. The molecule has 0 amide bonds. The van der Waals surface area contributed by atoms with E-state index in [2.05, 4.69) is 0 Å². The molecule has 1 N–H and O–H groups in total. The van der Waals surface area contributed by atoms with Crippen LogP contribution in [0.1, 0.15) is 11.1 Å². The summed E-state index contributed by atoms with van der Waals surface area (Å²) >= 11 is 0. The highest BCUT2D eigenvalue weighted by Crippen LogP contribution is 2.41. The summed E-state index contributed by atoms with van der Waals surface area (Å²) in [6.45, 7) is 0. The van der Waals surface area contributed by atoms with Gasteiger partial charge in [-0.15, -0.1) is 0 Å². The fourth-order valence-corrected chi connectivity index (χ4v) is 2.17. The summed E-state index contributed by atoms with van der Waals surface area (Å²) < 4.78 is 13.1. The minimum atomic E-state index is -0.540. The molecule has 0 saturated heterocycles. The van der Waals surface area contributed by atoms with Gasteiger partial charge in [0.25, 0.3) is 0 Å². The topological polar surface area (TPSA) is 20.2 Å². The lowest BCUT2D eigenvalue weighted by Gasteiger charge is -2.03. The Morgan fingerprint density at radius 2 is 1.80 bits per heavy atom. The molecule has 74 valence electrons. The molecule has 1 aliphatic carbocycles. The molecule has 0 aromatic heterocycles. The van der Waals surface area contributed by atoms with Gasteiger partial charge in [0.05, 0.1) is 0 Å². The van der Waals surface area contributed by atoms with Crippen molar-refractivity contribution in [2.75, 3.05) is 0 Å². The monoisotopic (exact) mass is 200 g/mol. The third-order valence-corrected chi connectivity index (χ3v) is 2.91. The number of fused-ring (bicyclic) bond motifs is 3. The minimum Gasteiger partial charge on any atom is -0.505 e. The van der Waals surface area contributed by atoms with Crippen LogP contribution in [-0.2, 0) is 6.42 Å². The van der Waals surface area contributed by atoms with Crippen LogP contribution in [0.25, 0.3) is 11.1 Å². The van der Waals surface area contributed by atoms with Crippen molar-refractivity contribution in [3.63, 3.8) is 0 Å². The van der Waals surface area contributed by atoms with E-state index in [9.17, 15) is 9.50 Å². The van der Waals surface area contributed by atoms with Gasteiger partial charge in [-0.25, -0.2) is 4.39 Å². The Kier molecular flexibility index (Phi) is 1.60. The van der Waals surface area contributed by atoms with Crippen LogP contribution in [0.15, 0.2) is 36.4 Å². The Morgan fingerprint density at radius 1 is 1.00 bits per heavy atom. The van der Waals surface area contributed by atoms with Crippen molar-refractivity contribution < 1.29 is 9.50 Å². The van der Waals surface area contributed by atoms with E-state index in [-0.39, 0.29) is 5.75 Å². The van der Waals surface area contributed by atoms with E-state index in [0.717, 1.165) is 16.7 Å². The highest BCUT2D eigenvalue weighted by molar-refractivity contribution is 5.78. The van der Waals surface area contributed by atoms with Gasteiger partial charge in [0, 0.05) is 12.0 Å². The van der Waals surface area contributed by atoms with Gasteiger partial charge in [0.2, 0.25) is 0 Å². The van der Waals surface area contributed by atoms with E-state index in [0.29, 0.717) is 12.0 Å². The maximum atomic E-state index is 13.1. The molecule has 0 unspecified atom stereocenters. The molecule has 2 aromatic rings. The Hall–Kier alpha value is -1.83. The van der Waals surface area contributed by atoms with E-state index in [1.165, 1.54) is 6.07 Å². The summed E-state index contributed by atoms with van der Waals surface area (Å²) in [6, 6.07) is 11.0. The van der Waals surface area contributed by atoms with Gasteiger partial charge in [0.15, 0.2) is 11.6 Å². The molecule has 0 radical (unpaired) electrons. The average molecular weight is 200 g/mol. The van der Waals surface area contributed by atoms with Gasteiger partial charge < -0.3 is 5.11 Å². The van der Waals surface area contributed by atoms with Crippen LogP contribution in [0, 0.1) is 5.82 Å². The maximum absolute atomic E-state index is 13.1. The molecule has 2 heteroatoms. The van der Waals surface area contributed by atoms with Crippen LogP contribution in [0.4, 0.5) is 4.39 Å². The summed E-state index contributed by atoms with van der Waals surface area (Å²) in [5, 5.41) is 9.62. The molecule has 3 rings (SSSR count). The molecule has 0 fully saturated rings. The molecule has 0 saturated carbocycles. The summed E-state index contributed by atoms with van der Waals surface area (Å²) in [6.07, 6.45) is 0.620. The van der Waals surface area contributed by atoms with Crippen LogP contribution in [-0.4, -0.2) is 5.11 Å². The fourth-order valence-electron chi connectivity index (χ4n) is 2.17. The molecule has 0 aliphatic heterocycles. The largest absolute Gasteiger partial charge is 0.505 e. The van der Waals surface area contributed by atoms with E-state index in [4.69, 9.17) is 0 Å². The highest BCUT2D eigenvalue weighted by atomic mass is 19.1. The second-order valence-electron chi connectivity index (χ2n) is 3.76. The van der Waals surface area contributed by atoms with Crippen LogP contribution >= 0.6 is 0 Å². The highest BCUT2D eigenvalue weighted by Gasteiger charge is 2.22. The number of phenolic OH excluding ortho intramolecular Hbond substituents is 1. The third-order valence-electron chi connectivity index (χ3n) is 2.91. The number of rotatable bonds is 0. The Balaban J connectivity index is 2.31. The molecule has 0 bridgehead atoms. The number of halogens is 1. The first-order chi connectivity index (χ1) is 7.27. The van der Waals surface area contributed by atoms with Gasteiger partial charge >= 0.3 is 0 Å².